The van der Waals surface area contributed by atoms with Gasteiger partial charge in [-0.3, -0.25) is 9.78 Å². The Labute approximate surface area is 115 Å². The minimum Gasteiger partial charge on any atom is -0.345 e. The number of hydrogen-bond acceptors (Lipinski definition) is 4. The van der Waals surface area contributed by atoms with Crippen molar-refractivity contribution in [1.82, 2.24) is 25.3 Å². The van der Waals surface area contributed by atoms with E-state index < -0.39 is 0 Å². The molecule has 1 amide bonds. The van der Waals surface area contributed by atoms with Crippen molar-refractivity contribution < 1.29 is 4.79 Å². The predicted molar refractivity (Wildman–Crippen MR) is 70.9 cm³/mol. The van der Waals surface area contributed by atoms with Crippen LogP contribution in [-0.2, 0) is 13.1 Å². The van der Waals surface area contributed by atoms with E-state index in [0.717, 1.165) is 5.69 Å². The maximum absolute atomic E-state index is 12.1. The Morgan fingerprint density at radius 3 is 2.89 bits per heavy atom. The number of rotatable bonds is 4. The van der Waals surface area contributed by atoms with E-state index >= 15 is 0 Å². The van der Waals surface area contributed by atoms with Gasteiger partial charge in [-0.25, -0.2) is 4.68 Å². The van der Waals surface area contributed by atoms with Crippen molar-refractivity contribution in [1.29, 1.82) is 0 Å². The lowest BCUT2D eigenvalue weighted by molar-refractivity contribution is 0.0939. The number of aromatic nitrogens is 4. The van der Waals surface area contributed by atoms with E-state index in [4.69, 9.17) is 11.6 Å². The number of nitrogens with one attached hydrogen (secondary N) is 1. The van der Waals surface area contributed by atoms with Gasteiger partial charge in [0.1, 0.15) is 5.69 Å². The summed E-state index contributed by atoms with van der Waals surface area (Å²) < 4.78 is 1.57. The van der Waals surface area contributed by atoms with Crippen LogP contribution in [0.25, 0.3) is 0 Å². The second-order valence-electron chi connectivity index (χ2n) is 3.99. The molecule has 7 heteroatoms. The first-order valence-electron chi connectivity index (χ1n) is 5.90. The summed E-state index contributed by atoms with van der Waals surface area (Å²) >= 11 is 5.75. The number of hydrogen-bond donors (Lipinski definition) is 1. The molecular weight excluding hydrogens is 266 g/mol. The van der Waals surface area contributed by atoms with Gasteiger partial charge in [0.15, 0.2) is 0 Å². The van der Waals surface area contributed by atoms with Gasteiger partial charge in [0.25, 0.3) is 5.91 Å². The average molecular weight is 280 g/mol. The molecule has 6 nitrogen and oxygen atoms in total. The van der Waals surface area contributed by atoms with Crippen LogP contribution in [0.15, 0.2) is 18.3 Å². The first-order valence-corrected chi connectivity index (χ1v) is 6.28. The zero-order valence-corrected chi connectivity index (χ0v) is 11.5. The standard InChI is InChI=1S/C12H14ClN5O/c1-3-18-11(8(2)16-17-18)12(19)15-7-10-5-4-9(13)6-14-10/h4-6H,3,7H2,1-2H3,(H,15,19). The molecular formula is C12H14ClN5O. The molecule has 0 saturated carbocycles. The minimum absolute atomic E-state index is 0.207. The molecule has 0 aliphatic carbocycles. The zero-order valence-electron chi connectivity index (χ0n) is 10.7. The van der Waals surface area contributed by atoms with Gasteiger partial charge < -0.3 is 5.32 Å². The van der Waals surface area contributed by atoms with Crippen molar-refractivity contribution in [2.24, 2.45) is 0 Å². The summed E-state index contributed by atoms with van der Waals surface area (Å²) in [6.07, 6.45) is 1.55. The van der Waals surface area contributed by atoms with Gasteiger partial charge in [0.05, 0.1) is 23.0 Å². The topological polar surface area (TPSA) is 72.7 Å². The number of aryl methyl sites for hydroxylation is 2. The summed E-state index contributed by atoms with van der Waals surface area (Å²) in [4.78, 5) is 16.2. The number of carbonyl (C=O) groups excluding carboxylic acids is 1. The molecule has 0 saturated heterocycles. The molecule has 0 radical (unpaired) electrons. The highest BCUT2D eigenvalue weighted by atomic mass is 35.5. The van der Waals surface area contributed by atoms with Crippen LogP contribution in [-0.4, -0.2) is 25.9 Å². The van der Waals surface area contributed by atoms with E-state index in [2.05, 4.69) is 20.6 Å². The molecule has 19 heavy (non-hydrogen) atoms. The van der Waals surface area contributed by atoms with Crippen LogP contribution in [0.1, 0.15) is 28.8 Å². The molecule has 2 aromatic rings. The van der Waals surface area contributed by atoms with Gasteiger partial charge in [-0.05, 0) is 26.0 Å². The van der Waals surface area contributed by atoms with E-state index in [9.17, 15) is 4.79 Å². The maximum Gasteiger partial charge on any atom is 0.271 e. The third-order valence-corrected chi connectivity index (χ3v) is 2.86. The molecule has 0 bridgehead atoms. The van der Waals surface area contributed by atoms with Crippen molar-refractivity contribution in [2.75, 3.05) is 0 Å². The highest BCUT2D eigenvalue weighted by Crippen LogP contribution is 2.07. The van der Waals surface area contributed by atoms with Crippen molar-refractivity contribution in [3.8, 4) is 0 Å². The molecule has 0 aliphatic rings. The molecule has 0 fully saturated rings. The van der Waals surface area contributed by atoms with Gasteiger partial charge in [-0.15, -0.1) is 5.10 Å². The molecule has 1 N–H and O–H groups in total. The number of halogens is 1. The van der Waals surface area contributed by atoms with E-state index in [1.807, 2.05) is 6.92 Å². The van der Waals surface area contributed by atoms with Crippen molar-refractivity contribution in [3.05, 3.63) is 40.4 Å². The Hall–Kier alpha value is -1.95. The van der Waals surface area contributed by atoms with Crippen LogP contribution >= 0.6 is 11.6 Å². The Bertz CT molecular complexity index is 578. The summed E-state index contributed by atoms with van der Waals surface area (Å²) in [5, 5.41) is 11.1. The first kappa shape index (κ1) is 13.5. The molecule has 100 valence electrons. The van der Waals surface area contributed by atoms with Crippen LogP contribution in [0.4, 0.5) is 0 Å². The molecule has 0 aliphatic heterocycles. The van der Waals surface area contributed by atoms with Gasteiger partial charge in [0.2, 0.25) is 0 Å². The normalized spacial score (nSPS) is 10.5. The smallest absolute Gasteiger partial charge is 0.271 e. The van der Waals surface area contributed by atoms with Gasteiger partial charge in [-0.2, -0.15) is 0 Å². The van der Waals surface area contributed by atoms with Crippen LogP contribution < -0.4 is 5.32 Å². The Balaban J connectivity index is 2.05. The fourth-order valence-electron chi connectivity index (χ4n) is 1.67. The SMILES string of the molecule is CCn1nnc(C)c1C(=O)NCc1ccc(Cl)cn1. The second kappa shape index (κ2) is 5.79. The molecule has 0 spiro atoms. The molecule has 2 rings (SSSR count). The maximum atomic E-state index is 12.1. The van der Waals surface area contributed by atoms with Gasteiger partial charge in [0, 0.05) is 12.7 Å². The number of amides is 1. The highest BCUT2D eigenvalue weighted by Gasteiger charge is 2.16. The lowest BCUT2D eigenvalue weighted by Crippen LogP contribution is -2.26. The zero-order chi connectivity index (χ0) is 13.8. The Kier molecular flexibility index (Phi) is 4.11. The predicted octanol–water partition coefficient (Wildman–Crippen LogP) is 1.58. The van der Waals surface area contributed by atoms with Gasteiger partial charge >= 0.3 is 0 Å². The molecule has 0 atom stereocenters. The molecule has 2 aromatic heterocycles. The third kappa shape index (κ3) is 3.08. The fourth-order valence-corrected chi connectivity index (χ4v) is 1.78. The van der Waals surface area contributed by atoms with E-state index in [-0.39, 0.29) is 5.91 Å². The number of pyridine rings is 1. The van der Waals surface area contributed by atoms with Crippen molar-refractivity contribution >= 4 is 17.5 Å². The van der Waals surface area contributed by atoms with Crippen LogP contribution in [0, 0.1) is 6.92 Å². The van der Waals surface area contributed by atoms with E-state index in [1.54, 1.807) is 29.9 Å². The summed E-state index contributed by atoms with van der Waals surface area (Å²) in [7, 11) is 0. The Morgan fingerprint density at radius 1 is 1.47 bits per heavy atom. The Morgan fingerprint density at radius 2 is 2.26 bits per heavy atom. The molecule has 0 unspecified atom stereocenters. The second-order valence-corrected chi connectivity index (χ2v) is 4.43. The van der Waals surface area contributed by atoms with Gasteiger partial charge in [-0.1, -0.05) is 16.8 Å². The number of nitrogens with zero attached hydrogens (tertiary/aromatic N) is 4. The monoisotopic (exact) mass is 279 g/mol. The first-order chi connectivity index (χ1) is 9.11. The number of carbonyl (C=O) groups is 1. The largest absolute Gasteiger partial charge is 0.345 e. The minimum atomic E-state index is -0.207. The van der Waals surface area contributed by atoms with E-state index in [1.165, 1.54) is 0 Å². The lowest BCUT2D eigenvalue weighted by atomic mass is 10.3. The molecule has 0 aromatic carbocycles. The quantitative estimate of drug-likeness (QED) is 0.922. The highest BCUT2D eigenvalue weighted by molar-refractivity contribution is 6.30. The van der Waals surface area contributed by atoms with Crippen LogP contribution in [0.5, 0.6) is 0 Å². The van der Waals surface area contributed by atoms with Crippen LogP contribution in [0.2, 0.25) is 5.02 Å². The van der Waals surface area contributed by atoms with Crippen LogP contribution in [0.3, 0.4) is 0 Å². The van der Waals surface area contributed by atoms with Crippen molar-refractivity contribution in [3.63, 3.8) is 0 Å². The molecule has 2 heterocycles. The van der Waals surface area contributed by atoms with E-state index in [0.29, 0.717) is 29.5 Å². The average Bonchev–Trinajstić information content (AvgIpc) is 2.79. The lowest BCUT2D eigenvalue weighted by Gasteiger charge is -2.06. The summed E-state index contributed by atoms with van der Waals surface area (Å²) in [5.41, 5.74) is 1.84. The summed E-state index contributed by atoms with van der Waals surface area (Å²) in [6.45, 7) is 4.60. The van der Waals surface area contributed by atoms with Crippen molar-refractivity contribution in [2.45, 2.75) is 26.9 Å². The fraction of sp³-hybridized carbons (Fsp3) is 0.333. The third-order valence-electron chi connectivity index (χ3n) is 2.64. The summed E-state index contributed by atoms with van der Waals surface area (Å²) in [6, 6.07) is 3.50. The summed E-state index contributed by atoms with van der Waals surface area (Å²) in [5.74, 6) is -0.207.